The van der Waals surface area contributed by atoms with Crippen molar-refractivity contribution in [2.24, 2.45) is 0 Å². The Labute approximate surface area is 202 Å². The number of hydrogen-bond acceptors (Lipinski definition) is 6. The minimum atomic E-state index is -4.60. The standard InChI is InChI=1S/C23H22ClF3N2O4S/c24-14-2-4-19(31)17(10-14)20-16-9-13(23(25,26)27)1-3-18(16)28-22(32)21(20)34-12-15(30)11-29-5-7-33-8-6-29/h1-4,9-10,15,30-31H,5-8,11-12H2,(H,28,32). The van der Waals surface area contributed by atoms with Gasteiger partial charge in [0.25, 0.3) is 5.56 Å². The average molecular weight is 515 g/mol. The van der Waals surface area contributed by atoms with Crippen LogP contribution in [0.3, 0.4) is 0 Å². The van der Waals surface area contributed by atoms with E-state index in [0.717, 1.165) is 23.9 Å². The van der Waals surface area contributed by atoms with Gasteiger partial charge in [0.1, 0.15) is 5.75 Å². The number of β-amino-alcohol motifs (C(OH)–C–C–N with tert-alkyl or cyclic N) is 1. The van der Waals surface area contributed by atoms with Crippen LogP contribution in [0.15, 0.2) is 46.1 Å². The number of fused-ring (bicyclic) bond motifs is 1. The summed E-state index contributed by atoms with van der Waals surface area (Å²) in [5, 5.41) is 21.4. The molecule has 1 aliphatic rings. The second kappa shape index (κ2) is 10.2. The van der Waals surface area contributed by atoms with Gasteiger partial charge in [0.15, 0.2) is 0 Å². The fourth-order valence-electron chi connectivity index (χ4n) is 3.88. The van der Waals surface area contributed by atoms with Crippen molar-refractivity contribution < 1.29 is 28.1 Å². The van der Waals surface area contributed by atoms with Crippen LogP contribution < -0.4 is 5.56 Å². The van der Waals surface area contributed by atoms with E-state index in [9.17, 15) is 28.2 Å². The van der Waals surface area contributed by atoms with Gasteiger partial charge >= 0.3 is 6.18 Å². The summed E-state index contributed by atoms with van der Waals surface area (Å²) in [4.78, 5) is 17.7. The van der Waals surface area contributed by atoms with E-state index in [1.807, 2.05) is 4.90 Å². The summed E-state index contributed by atoms with van der Waals surface area (Å²) in [5.74, 6) is -0.108. The molecule has 0 bridgehead atoms. The third-order valence-electron chi connectivity index (χ3n) is 5.52. The maximum Gasteiger partial charge on any atom is 0.416 e. The number of aromatic amines is 1. The highest BCUT2D eigenvalue weighted by molar-refractivity contribution is 7.99. The average Bonchev–Trinajstić information content (AvgIpc) is 2.79. The number of aliphatic hydroxyl groups excluding tert-OH is 1. The molecule has 1 aliphatic heterocycles. The summed E-state index contributed by atoms with van der Waals surface area (Å²) in [6.45, 7) is 2.88. The monoisotopic (exact) mass is 514 g/mol. The number of phenolic OH excluding ortho intramolecular Hbond substituents is 1. The molecule has 1 unspecified atom stereocenters. The van der Waals surface area contributed by atoms with Crippen molar-refractivity contribution in [2.75, 3.05) is 38.6 Å². The molecule has 0 aliphatic carbocycles. The molecule has 0 saturated carbocycles. The predicted molar refractivity (Wildman–Crippen MR) is 126 cm³/mol. The molecule has 1 atom stereocenters. The number of aromatic nitrogens is 1. The lowest BCUT2D eigenvalue weighted by atomic mass is 9.98. The number of phenols is 1. The Morgan fingerprint density at radius 1 is 1.18 bits per heavy atom. The zero-order valence-corrected chi connectivity index (χ0v) is 19.4. The number of ether oxygens (including phenoxy) is 1. The van der Waals surface area contributed by atoms with Crippen molar-refractivity contribution in [3.05, 3.63) is 57.3 Å². The number of alkyl halides is 3. The van der Waals surface area contributed by atoms with Crippen LogP contribution in [0.1, 0.15) is 5.56 Å². The minimum Gasteiger partial charge on any atom is -0.507 e. The molecule has 0 spiro atoms. The van der Waals surface area contributed by atoms with E-state index < -0.39 is 23.4 Å². The third-order valence-corrected chi connectivity index (χ3v) is 6.98. The van der Waals surface area contributed by atoms with Crippen molar-refractivity contribution in [1.82, 2.24) is 9.88 Å². The first-order valence-electron chi connectivity index (χ1n) is 10.5. The van der Waals surface area contributed by atoms with Crippen LogP contribution in [0.4, 0.5) is 13.2 Å². The Morgan fingerprint density at radius 2 is 1.91 bits per heavy atom. The molecule has 1 aromatic heterocycles. The zero-order valence-electron chi connectivity index (χ0n) is 17.9. The maximum atomic E-state index is 13.5. The van der Waals surface area contributed by atoms with Gasteiger partial charge in [-0.15, -0.1) is 11.8 Å². The summed E-state index contributed by atoms with van der Waals surface area (Å²) in [5.41, 5.74) is -0.976. The summed E-state index contributed by atoms with van der Waals surface area (Å²) >= 11 is 7.13. The lowest BCUT2D eigenvalue weighted by Crippen LogP contribution is -2.41. The van der Waals surface area contributed by atoms with Crippen LogP contribution >= 0.6 is 23.4 Å². The second-order valence-corrected chi connectivity index (χ2v) is 9.42. The molecule has 3 aromatic rings. The number of thioether (sulfide) groups is 1. The highest BCUT2D eigenvalue weighted by Crippen LogP contribution is 2.42. The summed E-state index contributed by atoms with van der Waals surface area (Å²) < 4.78 is 45.7. The molecule has 2 heterocycles. The zero-order chi connectivity index (χ0) is 24.5. The minimum absolute atomic E-state index is 0.0884. The molecule has 0 amide bonds. The number of nitrogens with zero attached hydrogens (tertiary/aromatic N) is 1. The first kappa shape index (κ1) is 24.9. The van der Waals surface area contributed by atoms with Crippen molar-refractivity contribution >= 4 is 34.3 Å². The molecule has 0 radical (unpaired) electrons. The fraction of sp³-hybridized carbons (Fsp3) is 0.348. The molecule has 3 N–H and O–H groups in total. The lowest BCUT2D eigenvalue weighted by Gasteiger charge is -2.28. The van der Waals surface area contributed by atoms with E-state index in [1.165, 1.54) is 24.3 Å². The molecular weight excluding hydrogens is 493 g/mol. The highest BCUT2D eigenvalue weighted by Gasteiger charge is 2.31. The van der Waals surface area contributed by atoms with Gasteiger partial charge in [0.05, 0.1) is 29.8 Å². The van der Waals surface area contributed by atoms with Crippen LogP contribution in [0.2, 0.25) is 5.02 Å². The van der Waals surface area contributed by atoms with Crippen LogP contribution in [0.25, 0.3) is 22.0 Å². The summed E-state index contributed by atoms with van der Waals surface area (Å²) in [6.07, 6.45) is -5.39. The smallest absolute Gasteiger partial charge is 0.416 e. The Kier molecular flexibility index (Phi) is 7.44. The Bertz CT molecular complexity index is 1250. The van der Waals surface area contributed by atoms with E-state index in [2.05, 4.69) is 4.98 Å². The van der Waals surface area contributed by atoms with Crippen LogP contribution in [0, 0.1) is 0 Å². The second-order valence-electron chi connectivity index (χ2n) is 7.96. The van der Waals surface area contributed by atoms with Gasteiger partial charge in [0, 0.05) is 52.4 Å². The Hall–Kier alpha value is -2.24. The van der Waals surface area contributed by atoms with Gasteiger partial charge in [-0.05, 0) is 36.4 Å². The normalized spacial score (nSPS) is 16.1. The molecule has 4 rings (SSSR count). The maximum absolute atomic E-state index is 13.5. The number of nitrogens with one attached hydrogen (secondary N) is 1. The van der Waals surface area contributed by atoms with Crippen LogP contribution in [-0.2, 0) is 10.9 Å². The Morgan fingerprint density at radius 3 is 2.62 bits per heavy atom. The fourth-order valence-corrected chi connectivity index (χ4v) is 5.06. The number of halogens is 4. The molecule has 34 heavy (non-hydrogen) atoms. The number of hydrogen-bond donors (Lipinski definition) is 3. The van der Waals surface area contributed by atoms with Gasteiger partial charge in [0.2, 0.25) is 0 Å². The lowest BCUT2D eigenvalue weighted by molar-refractivity contribution is -0.137. The third kappa shape index (κ3) is 5.52. The summed E-state index contributed by atoms with van der Waals surface area (Å²) in [6, 6.07) is 7.18. The SMILES string of the molecule is O=c1[nH]c2ccc(C(F)(F)F)cc2c(-c2cc(Cl)ccc2O)c1SCC(O)CN1CCOCC1. The largest absolute Gasteiger partial charge is 0.507 e. The summed E-state index contributed by atoms with van der Waals surface area (Å²) in [7, 11) is 0. The van der Waals surface area contributed by atoms with E-state index in [4.69, 9.17) is 16.3 Å². The van der Waals surface area contributed by atoms with E-state index in [1.54, 1.807) is 0 Å². The first-order valence-corrected chi connectivity index (χ1v) is 11.9. The number of H-pyrrole nitrogens is 1. The molecule has 11 heteroatoms. The first-order chi connectivity index (χ1) is 16.1. The number of aromatic hydroxyl groups is 1. The molecule has 1 saturated heterocycles. The van der Waals surface area contributed by atoms with Crippen molar-refractivity contribution in [2.45, 2.75) is 17.2 Å². The Balaban J connectivity index is 1.79. The van der Waals surface area contributed by atoms with Gasteiger partial charge in [-0.2, -0.15) is 13.2 Å². The van der Waals surface area contributed by atoms with Gasteiger partial charge < -0.3 is 19.9 Å². The quantitative estimate of drug-likeness (QED) is 0.424. The van der Waals surface area contributed by atoms with Crippen LogP contribution in [-0.4, -0.2) is 64.8 Å². The van der Waals surface area contributed by atoms with Crippen molar-refractivity contribution in [1.29, 1.82) is 0 Å². The van der Waals surface area contributed by atoms with Gasteiger partial charge in [-0.3, -0.25) is 9.69 Å². The number of benzene rings is 2. The molecule has 2 aromatic carbocycles. The van der Waals surface area contributed by atoms with Crippen molar-refractivity contribution in [3.63, 3.8) is 0 Å². The van der Waals surface area contributed by atoms with E-state index in [0.29, 0.717) is 32.8 Å². The molecular formula is C23H22ClF3N2O4S. The van der Waals surface area contributed by atoms with E-state index >= 15 is 0 Å². The van der Waals surface area contributed by atoms with Crippen molar-refractivity contribution in [3.8, 4) is 16.9 Å². The molecule has 6 nitrogen and oxygen atoms in total. The highest BCUT2D eigenvalue weighted by atomic mass is 35.5. The topological polar surface area (TPSA) is 85.8 Å². The van der Waals surface area contributed by atoms with E-state index in [-0.39, 0.29) is 43.5 Å². The van der Waals surface area contributed by atoms with Crippen LogP contribution in [0.5, 0.6) is 5.75 Å². The number of morpholine rings is 1. The molecule has 182 valence electrons. The van der Waals surface area contributed by atoms with Gasteiger partial charge in [-0.1, -0.05) is 11.6 Å². The predicted octanol–water partition coefficient (Wildman–Crippen LogP) is 4.36. The number of aliphatic hydroxyl groups is 1. The number of rotatable bonds is 6. The number of pyridine rings is 1. The van der Waals surface area contributed by atoms with Gasteiger partial charge in [-0.25, -0.2) is 0 Å². The molecule has 1 fully saturated rings.